The van der Waals surface area contributed by atoms with E-state index in [4.69, 9.17) is 4.42 Å². The molecule has 0 amide bonds. The van der Waals surface area contributed by atoms with Gasteiger partial charge < -0.3 is 14.8 Å². The van der Waals surface area contributed by atoms with Gasteiger partial charge in [-0.1, -0.05) is 6.07 Å². The van der Waals surface area contributed by atoms with E-state index in [1.54, 1.807) is 13.1 Å². The van der Waals surface area contributed by atoms with Gasteiger partial charge in [0.25, 0.3) is 0 Å². The zero-order chi connectivity index (χ0) is 13.8. The molecular weight excluding hydrogens is 254 g/mol. The van der Waals surface area contributed by atoms with Crippen LogP contribution in [-0.4, -0.2) is 16.6 Å². The van der Waals surface area contributed by atoms with Gasteiger partial charge in [0.15, 0.2) is 0 Å². The summed E-state index contributed by atoms with van der Waals surface area (Å²) in [6, 6.07) is 3.47. The van der Waals surface area contributed by atoms with Crippen molar-refractivity contribution < 1.29 is 18.3 Å². The summed E-state index contributed by atoms with van der Waals surface area (Å²) in [4.78, 5) is 3.96. The first kappa shape index (κ1) is 13.6. The lowest BCUT2D eigenvalue weighted by molar-refractivity contribution is 0.163. The Morgan fingerprint density at radius 3 is 2.63 bits per heavy atom. The first-order chi connectivity index (χ1) is 9.08. The van der Waals surface area contributed by atoms with Gasteiger partial charge in [0.1, 0.15) is 17.4 Å². The first-order valence-electron chi connectivity index (χ1n) is 5.82. The maximum absolute atomic E-state index is 13.4. The molecule has 1 unspecified atom stereocenters. The Morgan fingerprint density at radius 2 is 2.05 bits per heavy atom. The lowest BCUT2D eigenvalue weighted by Crippen LogP contribution is -2.22. The molecule has 2 N–H and O–H groups in total. The Bertz CT molecular complexity index is 537. The summed E-state index contributed by atoms with van der Waals surface area (Å²) in [6.45, 7) is 2.04. The van der Waals surface area contributed by atoms with Gasteiger partial charge >= 0.3 is 0 Å². The van der Waals surface area contributed by atoms with Gasteiger partial charge in [-0.2, -0.15) is 0 Å². The lowest BCUT2D eigenvalue weighted by Gasteiger charge is -2.13. The van der Waals surface area contributed by atoms with Crippen LogP contribution >= 0.6 is 0 Å². The summed E-state index contributed by atoms with van der Waals surface area (Å²) in [6.07, 6.45) is 0.307. The quantitative estimate of drug-likeness (QED) is 0.871. The van der Waals surface area contributed by atoms with Gasteiger partial charge in [-0.3, -0.25) is 0 Å². The van der Waals surface area contributed by atoms with Crippen LogP contribution in [0.15, 0.2) is 28.8 Å². The van der Waals surface area contributed by atoms with Crippen LogP contribution in [0.1, 0.15) is 23.3 Å². The van der Waals surface area contributed by atoms with Crippen LogP contribution in [0.3, 0.4) is 0 Å². The number of aromatic nitrogens is 1. The Balaban J connectivity index is 1.92. The minimum Gasteiger partial charge on any atom is -0.445 e. The van der Waals surface area contributed by atoms with E-state index < -0.39 is 17.7 Å². The molecule has 102 valence electrons. The third kappa shape index (κ3) is 3.36. The Hall–Kier alpha value is -1.79. The smallest absolute Gasteiger partial charge is 0.208 e. The van der Waals surface area contributed by atoms with Gasteiger partial charge in [-0.25, -0.2) is 13.8 Å². The fraction of sp³-hybridized carbons (Fsp3) is 0.308. The van der Waals surface area contributed by atoms with Crippen molar-refractivity contribution in [1.82, 2.24) is 10.3 Å². The highest BCUT2D eigenvalue weighted by Crippen LogP contribution is 2.19. The zero-order valence-electron chi connectivity index (χ0n) is 10.4. The second-order valence-corrected chi connectivity index (χ2v) is 4.15. The maximum atomic E-state index is 13.4. The van der Waals surface area contributed by atoms with Gasteiger partial charge in [0, 0.05) is 6.54 Å². The molecule has 0 radical (unpaired) electrons. The van der Waals surface area contributed by atoms with E-state index in [0.29, 0.717) is 11.7 Å². The number of aliphatic hydroxyl groups is 1. The largest absolute Gasteiger partial charge is 0.445 e. The highest BCUT2D eigenvalue weighted by Gasteiger charge is 2.17. The highest BCUT2D eigenvalue weighted by molar-refractivity contribution is 5.22. The van der Waals surface area contributed by atoms with Crippen molar-refractivity contribution in [2.24, 2.45) is 0 Å². The summed E-state index contributed by atoms with van der Waals surface area (Å²) in [7, 11) is 0. The first-order valence-corrected chi connectivity index (χ1v) is 5.82. The van der Waals surface area contributed by atoms with Crippen molar-refractivity contribution in [3.63, 3.8) is 0 Å². The van der Waals surface area contributed by atoms with Crippen molar-refractivity contribution in [2.45, 2.75) is 19.6 Å². The molecule has 1 atom stereocenters. The average molecular weight is 268 g/mol. The van der Waals surface area contributed by atoms with Crippen LogP contribution in [0, 0.1) is 18.6 Å². The van der Waals surface area contributed by atoms with E-state index in [9.17, 15) is 13.9 Å². The number of aryl methyl sites for hydroxylation is 1. The molecule has 0 fully saturated rings. The van der Waals surface area contributed by atoms with Crippen LogP contribution in [-0.2, 0) is 6.54 Å². The number of nitrogens with zero attached hydrogens (tertiary/aromatic N) is 1. The topological polar surface area (TPSA) is 58.3 Å². The average Bonchev–Trinajstić information content (AvgIpc) is 2.75. The highest BCUT2D eigenvalue weighted by atomic mass is 19.1. The van der Waals surface area contributed by atoms with E-state index >= 15 is 0 Å². The van der Waals surface area contributed by atoms with Crippen LogP contribution in [0.5, 0.6) is 0 Å². The number of halogens is 2. The summed E-state index contributed by atoms with van der Waals surface area (Å²) < 4.78 is 32.0. The van der Waals surface area contributed by atoms with Crippen LogP contribution in [0.2, 0.25) is 0 Å². The van der Waals surface area contributed by atoms with Gasteiger partial charge in [0.2, 0.25) is 5.89 Å². The molecule has 1 heterocycles. The molecule has 6 heteroatoms. The predicted molar refractivity (Wildman–Crippen MR) is 64.3 cm³/mol. The Labute approximate surface area is 109 Å². The summed E-state index contributed by atoms with van der Waals surface area (Å²) in [5, 5.41) is 12.6. The molecule has 4 nitrogen and oxygen atoms in total. The minimum atomic E-state index is -1.27. The van der Waals surface area contributed by atoms with Crippen LogP contribution in [0.25, 0.3) is 0 Å². The predicted octanol–water partition coefficient (Wildman–Crippen LogP) is 2.08. The third-order valence-electron chi connectivity index (χ3n) is 2.62. The van der Waals surface area contributed by atoms with E-state index in [2.05, 4.69) is 10.3 Å². The van der Waals surface area contributed by atoms with Gasteiger partial charge in [-0.15, -0.1) is 0 Å². The Kier molecular flexibility index (Phi) is 4.24. The van der Waals surface area contributed by atoms with Crippen molar-refractivity contribution in [2.75, 3.05) is 6.54 Å². The van der Waals surface area contributed by atoms with E-state index in [0.717, 1.165) is 12.1 Å². The molecule has 0 spiro atoms. The van der Waals surface area contributed by atoms with Crippen molar-refractivity contribution >= 4 is 0 Å². The number of nitrogens with one attached hydrogen (secondary N) is 1. The lowest BCUT2D eigenvalue weighted by atomic mass is 10.1. The number of hydrogen-bond donors (Lipinski definition) is 2. The standard InChI is InChI=1S/C13H14F2N2O2/c1-8-5-17-12(19-8)7-16-6-11(18)13-9(14)3-2-4-10(13)15/h2-5,11,16,18H,6-7H2,1H3. The molecule has 0 aliphatic carbocycles. The van der Waals surface area contributed by atoms with E-state index in [1.165, 1.54) is 6.07 Å². The monoisotopic (exact) mass is 268 g/mol. The molecule has 0 bridgehead atoms. The number of benzene rings is 1. The van der Waals surface area contributed by atoms with Crippen molar-refractivity contribution in [3.8, 4) is 0 Å². The minimum absolute atomic E-state index is 0.000713. The molecule has 0 aliphatic rings. The molecule has 0 aliphatic heterocycles. The molecule has 0 saturated carbocycles. The van der Waals surface area contributed by atoms with Gasteiger partial charge in [-0.05, 0) is 19.1 Å². The fourth-order valence-electron chi connectivity index (χ4n) is 1.73. The SMILES string of the molecule is Cc1cnc(CNCC(O)c2c(F)cccc2F)o1. The summed E-state index contributed by atoms with van der Waals surface area (Å²) >= 11 is 0. The molecule has 1 aromatic carbocycles. The number of hydrogen-bond acceptors (Lipinski definition) is 4. The number of rotatable bonds is 5. The zero-order valence-corrected chi connectivity index (χ0v) is 10.4. The molecule has 0 saturated heterocycles. The molecule has 1 aromatic heterocycles. The van der Waals surface area contributed by atoms with Crippen molar-refractivity contribution in [1.29, 1.82) is 0 Å². The van der Waals surface area contributed by atoms with E-state index in [-0.39, 0.29) is 18.7 Å². The van der Waals surface area contributed by atoms with Crippen LogP contribution in [0.4, 0.5) is 8.78 Å². The Morgan fingerprint density at radius 1 is 1.37 bits per heavy atom. The molecular formula is C13H14F2N2O2. The summed E-state index contributed by atoms with van der Waals surface area (Å²) in [5.74, 6) is -0.390. The normalized spacial score (nSPS) is 12.6. The van der Waals surface area contributed by atoms with Crippen molar-refractivity contribution in [3.05, 3.63) is 53.2 Å². The maximum Gasteiger partial charge on any atom is 0.208 e. The molecule has 2 aromatic rings. The second-order valence-electron chi connectivity index (χ2n) is 4.15. The molecule has 19 heavy (non-hydrogen) atoms. The van der Waals surface area contributed by atoms with E-state index in [1.807, 2.05) is 0 Å². The second kappa shape index (κ2) is 5.90. The van der Waals surface area contributed by atoms with Crippen LogP contribution < -0.4 is 5.32 Å². The number of aliphatic hydroxyl groups excluding tert-OH is 1. The fourth-order valence-corrected chi connectivity index (χ4v) is 1.73. The summed E-state index contributed by atoms with van der Waals surface area (Å²) in [5.41, 5.74) is -0.335. The van der Waals surface area contributed by atoms with Gasteiger partial charge in [0.05, 0.1) is 24.4 Å². The third-order valence-corrected chi connectivity index (χ3v) is 2.62. The number of oxazole rings is 1. The molecule has 2 rings (SSSR count).